The van der Waals surface area contributed by atoms with Crippen molar-refractivity contribution >= 4 is 23.1 Å². The van der Waals surface area contributed by atoms with Crippen molar-refractivity contribution in [3.63, 3.8) is 0 Å². The van der Waals surface area contributed by atoms with E-state index in [1.807, 2.05) is 0 Å². The van der Waals surface area contributed by atoms with Crippen LogP contribution in [0.1, 0.15) is 15.9 Å². The maximum absolute atomic E-state index is 12.5. The number of halogens is 4. The molecular weight excluding hydrogens is 263 g/mol. The second-order valence-corrected chi connectivity index (χ2v) is 3.28. The van der Waals surface area contributed by atoms with E-state index < -0.39 is 39.6 Å². The average molecular weight is 268 g/mol. The summed E-state index contributed by atoms with van der Waals surface area (Å²) in [6.45, 7) is 0. The van der Waals surface area contributed by atoms with Gasteiger partial charge in [0.05, 0.1) is 16.4 Å². The van der Waals surface area contributed by atoms with E-state index in [0.29, 0.717) is 6.07 Å². The molecule has 0 unspecified atom stereocenters. The maximum atomic E-state index is 12.5. The number of hydrogen-bond donors (Lipinski definition) is 0. The molecule has 0 aromatic heterocycles. The largest absolute Gasteiger partial charge is 0.423 e. The highest BCUT2D eigenvalue weighted by Crippen LogP contribution is 2.37. The normalized spacial score (nSPS) is 11.3. The van der Waals surface area contributed by atoms with Crippen LogP contribution >= 0.6 is 11.6 Å². The first-order valence-electron chi connectivity index (χ1n) is 4.22. The van der Waals surface area contributed by atoms with Gasteiger partial charge in [-0.05, 0) is 12.1 Å². The third-order valence-electron chi connectivity index (χ3n) is 1.95. The molecular formula is C9H5ClF3NO3. The van der Waals surface area contributed by atoms with Crippen LogP contribution in [-0.2, 0) is 6.18 Å². The van der Waals surface area contributed by atoms with Crippen molar-refractivity contribution in [2.75, 3.05) is 5.88 Å². The molecule has 17 heavy (non-hydrogen) atoms. The van der Waals surface area contributed by atoms with Crippen LogP contribution in [0.2, 0.25) is 0 Å². The molecule has 0 spiro atoms. The van der Waals surface area contributed by atoms with Gasteiger partial charge in [0, 0.05) is 0 Å². The molecule has 0 fully saturated rings. The Kier molecular flexibility index (Phi) is 3.72. The Hall–Kier alpha value is -1.63. The van der Waals surface area contributed by atoms with Gasteiger partial charge in [-0.3, -0.25) is 14.9 Å². The number of nitro benzene ring substituents is 1. The van der Waals surface area contributed by atoms with Gasteiger partial charge < -0.3 is 0 Å². The Bertz CT molecular complexity index is 473. The first-order valence-corrected chi connectivity index (χ1v) is 4.76. The second kappa shape index (κ2) is 4.70. The summed E-state index contributed by atoms with van der Waals surface area (Å²) in [6, 6.07) is 2.41. The van der Waals surface area contributed by atoms with Crippen molar-refractivity contribution in [2.24, 2.45) is 0 Å². The fourth-order valence-corrected chi connectivity index (χ4v) is 1.41. The summed E-state index contributed by atoms with van der Waals surface area (Å²) in [5, 5.41) is 10.6. The smallest absolute Gasteiger partial charge is 0.293 e. The van der Waals surface area contributed by atoms with Gasteiger partial charge in [-0.15, -0.1) is 11.6 Å². The Labute approximate surface area is 98.1 Å². The summed E-state index contributed by atoms with van der Waals surface area (Å²) < 4.78 is 37.5. The third kappa shape index (κ3) is 2.73. The summed E-state index contributed by atoms with van der Waals surface area (Å²) in [7, 11) is 0. The molecule has 0 aliphatic heterocycles. The van der Waals surface area contributed by atoms with Crippen molar-refractivity contribution < 1.29 is 22.9 Å². The number of hydrogen-bond acceptors (Lipinski definition) is 3. The molecule has 0 heterocycles. The molecule has 0 N–H and O–H groups in total. The molecule has 0 saturated heterocycles. The molecule has 8 heteroatoms. The predicted octanol–water partition coefficient (Wildman–Crippen LogP) is 3.04. The van der Waals surface area contributed by atoms with Crippen molar-refractivity contribution in [2.45, 2.75) is 6.18 Å². The summed E-state index contributed by atoms with van der Waals surface area (Å²) in [6.07, 6.45) is -4.90. The average Bonchev–Trinajstić information content (AvgIpc) is 2.25. The number of carbonyl (C=O) groups excluding carboxylic acids is 1. The van der Waals surface area contributed by atoms with Gasteiger partial charge in [0.1, 0.15) is 5.56 Å². The topological polar surface area (TPSA) is 60.2 Å². The van der Waals surface area contributed by atoms with Gasteiger partial charge in [-0.1, -0.05) is 6.07 Å². The van der Waals surface area contributed by atoms with Crippen LogP contribution in [0.5, 0.6) is 0 Å². The lowest BCUT2D eigenvalue weighted by Gasteiger charge is -2.09. The van der Waals surface area contributed by atoms with Crippen LogP contribution in [-0.4, -0.2) is 16.6 Å². The maximum Gasteiger partial charge on any atom is 0.423 e. The van der Waals surface area contributed by atoms with Crippen LogP contribution in [0.3, 0.4) is 0 Å². The number of nitro groups is 1. The second-order valence-electron chi connectivity index (χ2n) is 3.01. The van der Waals surface area contributed by atoms with Crippen molar-refractivity contribution in [3.8, 4) is 0 Å². The summed E-state index contributed by atoms with van der Waals surface area (Å²) in [4.78, 5) is 20.6. The van der Waals surface area contributed by atoms with Gasteiger partial charge in [0.2, 0.25) is 0 Å². The highest BCUT2D eigenvalue weighted by Gasteiger charge is 2.40. The zero-order chi connectivity index (χ0) is 13.2. The highest BCUT2D eigenvalue weighted by atomic mass is 35.5. The van der Waals surface area contributed by atoms with E-state index in [1.54, 1.807) is 0 Å². The fourth-order valence-electron chi connectivity index (χ4n) is 1.27. The first kappa shape index (κ1) is 13.4. The van der Waals surface area contributed by atoms with Crippen LogP contribution in [0.25, 0.3) is 0 Å². The zero-order valence-electron chi connectivity index (χ0n) is 8.12. The molecule has 0 amide bonds. The van der Waals surface area contributed by atoms with E-state index in [-0.39, 0.29) is 0 Å². The SMILES string of the molecule is O=C(CCl)c1cccc(C(F)(F)F)c1[N+](=O)[O-]. The van der Waals surface area contributed by atoms with E-state index in [2.05, 4.69) is 0 Å². The molecule has 0 aliphatic carbocycles. The molecule has 0 saturated carbocycles. The number of para-hydroxylation sites is 1. The van der Waals surface area contributed by atoms with E-state index >= 15 is 0 Å². The first-order chi connectivity index (χ1) is 7.79. The van der Waals surface area contributed by atoms with Gasteiger partial charge in [0.25, 0.3) is 5.69 Å². The van der Waals surface area contributed by atoms with Crippen LogP contribution in [0.15, 0.2) is 18.2 Å². The number of rotatable bonds is 3. The predicted molar refractivity (Wildman–Crippen MR) is 53.1 cm³/mol. The minimum atomic E-state index is -4.90. The van der Waals surface area contributed by atoms with Crippen LogP contribution in [0.4, 0.5) is 18.9 Å². The lowest BCUT2D eigenvalue weighted by Crippen LogP contribution is -2.13. The number of nitrogens with zero attached hydrogens (tertiary/aromatic N) is 1. The van der Waals surface area contributed by atoms with E-state index in [1.165, 1.54) is 0 Å². The summed E-state index contributed by atoms with van der Waals surface area (Å²) >= 11 is 5.18. The molecule has 1 aromatic rings. The molecule has 4 nitrogen and oxygen atoms in total. The zero-order valence-corrected chi connectivity index (χ0v) is 8.88. The Balaban J connectivity index is 3.54. The van der Waals surface area contributed by atoms with Gasteiger partial charge in [-0.2, -0.15) is 13.2 Å². The van der Waals surface area contributed by atoms with Crippen LogP contribution in [0, 0.1) is 10.1 Å². The standard InChI is InChI=1S/C9H5ClF3NO3/c10-4-7(15)5-2-1-3-6(9(11,12)13)8(5)14(16)17/h1-3H,4H2. The minimum Gasteiger partial charge on any atom is -0.293 e. The lowest BCUT2D eigenvalue weighted by molar-refractivity contribution is -0.388. The monoisotopic (exact) mass is 267 g/mol. The number of alkyl halides is 4. The van der Waals surface area contributed by atoms with Crippen molar-refractivity contribution in [1.29, 1.82) is 0 Å². The Morgan fingerprint density at radius 3 is 2.41 bits per heavy atom. The third-order valence-corrected chi connectivity index (χ3v) is 2.19. The van der Waals surface area contributed by atoms with Crippen LogP contribution < -0.4 is 0 Å². The summed E-state index contributed by atoms with van der Waals surface area (Å²) in [5.41, 5.74) is -3.36. The Morgan fingerprint density at radius 1 is 1.41 bits per heavy atom. The number of ketones is 1. The number of benzene rings is 1. The Morgan fingerprint density at radius 2 is 2.00 bits per heavy atom. The quantitative estimate of drug-likeness (QED) is 0.366. The van der Waals surface area contributed by atoms with Crippen molar-refractivity contribution in [3.05, 3.63) is 39.4 Å². The minimum absolute atomic E-state index is 0.545. The summed E-state index contributed by atoms with van der Waals surface area (Å²) in [5.74, 6) is -1.55. The highest BCUT2D eigenvalue weighted by molar-refractivity contribution is 6.31. The molecule has 0 aliphatic rings. The van der Waals surface area contributed by atoms with E-state index in [9.17, 15) is 28.1 Å². The van der Waals surface area contributed by atoms with E-state index in [4.69, 9.17) is 11.6 Å². The molecule has 1 rings (SSSR count). The molecule has 0 bridgehead atoms. The van der Waals surface area contributed by atoms with E-state index in [0.717, 1.165) is 12.1 Å². The lowest BCUT2D eigenvalue weighted by atomic mass is 10.0. The number of carbonyl (C=O) groups is 1. The fraction of sp³-hybridized carbons (Fsp3) is 0.222. The molecule has 1 aromatic carbocycles. The number of Topliss-reactive ketones (excluding diaryl/α,β-unsaturated/α-hetero) is 1. The van der Waals surface area contributed by atoms with Gasteiger partial charge in [0.15, 0.2) is 5.78 Å². The molecule has 0 radical (unpaired) electrons. The molecule has 0 atom stereocenters. The van der Waals surface area contributed by atoms with Gasteiger partial charge >= 0.3 is 6.18 Å². The van der Waals surface area contributed by atoms with Crippen molar-refractivity contribution in [1.82, 2.24) is 0 Å². The molecule has 92 valence electrons. The van der Waals surface area contributed by atoms with Gasteiger partial charge in [-0.25, -0.2) is 0 Å².